The zero-order valence-electron chi connectivity index (χ0n) is 9.91. The molecule has 0 saturated carbocycles. The van der Waals surface area contributed by atoms with Crippen molar-refractivity contribution in [3.05, 3.63) is 0 Å². The average molecular weight is 213 g/mol. The summed E-state index contributed by atoms with van der Waals surface area (Å²) in [4.78, 5) is 12.4. The van der Waals surface area contributed by atoms with E-state index in [1.165, 1.54) is 0 Å². The molecule has 0 spiro atoms. The van der Waals surface area contributed by atoms with Gasteiger partial charge in [0.05, 0.1) is 5.60 Å². The molecule has 0 aromatic heterocycles. The van der Waals surface area contributed by atoms with E-state index < -0.39 is 5.60 Å². The monoisotopic (exact) mass is 213 g/mol. The Bertz CT molecular complexity index is 194. The molecule has 3 heteroatoms. The molecule has 1 aliphatic heterocycles. The average Bonchev–Trinajstić information content (AvgIpc) is 2.30. The van der Waals surface area contributed by atoms with E-state index in [9.17, 15) is 9.90 Å². The minimum Gasteiger partial charge on any atom is -0.390 e. The fourth-order valence-corrected chi connectivity index (χ4v) is 2.34. The predicted octanol–water partition coefficient (Wildman–Crippen LogP) is 1.80. The number of hydrogen-bond acceptors (Lipinski definition) is 2. The Labute approximate surface area is 92.5 Å². The zero-order valence-corrected chi connectivity index (χ0v) is 9.91. The molecule has 1 heterocycles. The van der Waals surface area contributed by atoms with Gasteiger partial charge in [-0.05, 0) is 38.0 Å². The van der Waals surface area contributed by atoms with Crippen molar-refractivity contribution in [3.8, 4) is 0 Å². The topological polar surface area (TPSA) is 40.5 Å². The lowest BCUT2D eigenvalue weighted by Gasteiger charge is -2.35. The van der Waals surface area contributed by atoms with Crippen molar-refractivity contribution in [3.63, 3.8) is 0 Å². The molecule has 1 amide bonds. The molecule has 0 atom stereocenters. The Kier molecular flexibility index (Phi) is 4.58. The summed E-state index contributed by atoms with van der Waals surface area (Å²) in [5.74, 6) is 0.589. The molecule has 0 aromatic rings. The van der Waals surface area contributed by atoms with Gasteiger partial charge in [-0.2, -0.15) is 0 Å². The highest BCUT2D eigenvalue weighted by Gasteiger charge is 2.28. The lowest BCUT2D eigenvalue weighted by atomic mass is 9.82. The summed E-state index contributed by atoms with van der Waals surface area (Å²) in [6.45, 7) is 5.81. The van der Waals surface area contributed by atoms with Crippen LogP contribution in [-0.2, 0) is 4.79 Å². The number of carbonyl (C=O) groups is 1. The minimum absolute atomic E-state index is 0.478. The number of rotatable bonds is 5. The van der Waals surface area contributed by atoms with Crippen LogP contribution in [0, 0.1) is 5.92 Å². The van der Waals surface area contributed by atoms with E-state index in [4.69, 9.17) is 0 Å². The van der Waals surface area contributed by atoms with Gasteiger partial charge in [0.1, 0.15) is 0 Å². The third kappa shape index (κ3) is 3.49. The lowest BCUT2D eigenvalue weighted by Crippen LogP contribution is -2.37. The fraction of sp³-hybridized carbons (Fsp3) is 0.917. The molecule has 1 aliphatic rings. The third-order valence-corrected chi connectivity index (χ3v) is 3.78. The molecule has 0 unspecified atom stereocenters. The summed E-state index contributed by atoms with van der Waals surface area (Å²) in [6, 6.07) is 0. The van der Waals surface area contributed by atoms with Crippen LogP contribution >= 0.6 is 0 Å². The van der Waals surface area contributed by atoms with Crippen molar-refractivity contribution in [2.75, 3.05) is 13.1 Å². The second kappa shape index (κ2) is 5.50. The normalized spacial score (nSPS) is 19.3. The van der Waals surface area contributed by atoms with Gasteiger partial charge < -0.3 is 10.0 Å². The number of piperidine rings is 1. The van der Waals surface area contributed by atoms with E-state index in [2.05, 4.69) is 0 Å². The molecule has 1 rings (SSSR count). The van der Waals surface area contributed by atoms with Crippen LogP contribution in [-0.4, -0.2) is 35.1 Å². The SMILES string of the molecule is CCC(O)(CC)CC1CCN(C=O)CC1. The van der Waals surface area contributed by atoms with E-state index in [1.54, 1.807) is 0 Å². The second-order valence-electron chi connectivity index (χ2n) is 4.72. The van der Waals surface area contributed by atoms with Gasteiger partial charge in [-0.15, -0.1) is 0 Å². The molecule has 1 fully saturated rings. The first kappa shape index (κ1) is 12.5. The zero-order chi connectivity index (χ0) is 11.3. The highest BCUT2D eigenvalue weighted by atomic mass is 16.3. The van der Waals surface area contributed by atoms with Crippen LogP contribution in [0.1, 0.15) is 46.0 Å². The molecular formula is C12H23NO2. The summed E-state index contributed by atoms with van der Waals surface area (Å²) < 4.78 is 0. The van der Waals surface area contributed by atoms with Crippen LogP contribution in [0.5, 0.6) is 0 Å². The Hall–Kier alpha value is -0.570. The van der Waals surface area contributed by atoms with Crippen LogP contribution in [0.15, 0.2) is 0 Å². The molecule has 88 valence electrons. The molecule has 1 saturated heterocycles. The van der Waals surface area contributed by atoms with Gasteiger partial charge in [-0.3, -0.25) is 4.79 Å². The lowest BCUT2D eigenvalue weighted by molar-refractivity contribution is -0.119. The summed E-state index contributed by atoms with van der Waals surface area (Å²) in [5, 5.41) is 10.2. The Balaban J connectivity index is 2.37. The number of nitrogens with zero attached hydrogens (tertiary/aromatic N) is 1. The summed E-state index contributed by atoms with van der Waals surface area (Å²) >= 11 is 0. The van der Waals surface area contributed by atoms with Crippen molar-refractivity contribution in [2.45, 2.75) is 51.6 Å². The molecule has 0 aliphatic carbocycles. The maximum Gasteiger partial charge on any atom is 0.209 e. The summed E-state index contributed by atoms with van der Waals surface area (Å²) in [7, 11) is 0. The van der Waals surface area contributed by atoms with Gasteiger partial charge in [0.25, 0.3) is 0 Å². The largest absolute Gasteiger partial charge is 0.390 e. The fourth-order valence-electron chi connectivity index (χ4n) is 2.34. The van der Waals surface area contributed by atoms with Gasteiger partial charge in [0, 0.05) is 13.1 Å². The van der Waals surface area contributed by atoms with Gasteiger partial charge in [0.15, 0.2) is 0 Å². The molecule has 15 heavy (non-hydrogen) atoms. The molecule has 0 aromatic carbocycles. The van der Waals surface area contributed by atoms with Gasteiger partial charge in [-0.1, -0.05) is 13.8 Å². The first-order chi connectivity index (χ1) is 7.13. The number of aliphatic hydroxyl groups is 1. The number of carbonyl (C=O) groups excluding carboxylic acids is 1. The predicted molar refractivity (Wildman–Crippen MR) is 60.5 cm³/mol. The Morgan fingerprint density at radius 3 is 2.27 bits per heavy atom. The highest BCUT2D eigenvalue weighted by Crippen LogP contribution is 2.29. The maximum absolute atomic E-state index is 10.5. The van der Waals surface area contributed by atoms with Gasteiger partial charge >= 0.3 is 0 Å². The second-order valence-corrected chi connectivity index (χ2v) is 4.72. The molecule has 0 bridgehead atoms. The molecule has 3 nitrogen and oxygen atoms in total. The van der Waals surface area contributed by atoms with Crippen molar-refractivity contribution in [1.82, 2.24) is 4.90 Å². The van der Waals surface area contributed by atoms with E-state index in [-0.39, 0.29) is 0 Å². The van der Waals surface area contributed by atoms with Crippen LogP contribution in [0.25, 0.3) is 0 Å². The number of hydrogen-bond donors (Lipinski definition) is 1. The standard InChI is InChI=1S/C12H23NO2/c1-3-12(15,4-2)9-11-5-7-13(10-14)8-6-11/h10-11,15H,3-9H2,1-2H3. The van der Waals surface area contributed by atoms with Crippen LogP contribution in [0.3, 0.4) is 0 Å². The molecular weight excluding hydrogens is 190 g/mol. The van der Waals surface area contributed by atoms with E-state index in [0.29, 0.717) is 5.92 Å². The minimum atomic E-state index is -0.478. The van der Waals surface area contributed by atoms with Gasteiger partial charge in [-0.25, -0.2) is 0 Å². The van der Waals surface area contributed by atoms with E-state index >= 15 is 0 Å². The van der Waals surface area contributed by atoms with Crippen LogP contribution in [0.2, 0.25) is 0 Å². The molecule has 1 N–H and O–H groups in total. The van der Waals surface area contributed by atoms with Crippen molar-refractivity contribution >= 4 is 6.41 Å². The molecule has 0 radical (unpaired) electrons. The van der Waals surface area contributed by atoms with Crippen LogP contribution < -0.4 is 0 Å². The summed E-state index contributed by atoms with van der Waals surface area (Å²) in [6.07, 6.45) is 5.58. The van der Waals surface area contributed by atoms with Crippen molar-refractivity contribution in [1.29, 1.82) is 0 Å². The number of likely N-dealkylation sites (tertiary alicyclic amines) is 1. The maximum atomic E-state index is 10.5. The summed E-state index contributed by atoms with van der Waals surface area (Å²) in [5.41, 5.74) is -0.478. The highest BCUT2D eigenvalue weighted by molar-refractivity contribution is 5.47. The Morgan fingerprint density at radius 2 is 1.87 bits per heavy atom. The first-order valence-corrected chi connectivity index (χ1v) is 6.05. The van der Waals surface area contributed by atoms with Crippen molar-refractivity contribution in [2.24, 2.45) is 5.92 Å². The van der Waals surface area contributed by atoms with Gasteiger partial charge in [0.2, 0.25) is 6.41 Å². The quantitative estimate of drug-likeness (QED) is 0.707. The first-order valence-electron chi connectivity index (χ1n) is 6.05. The smallest absolute Gasteiger partial charge is 0.209 e. The Morgan fingerprint density at radius 1 is 1.33 bits per heavy atom. The van der Waals surface area contributed by atoms with Crippen LogP contribution in [0.4, 0.5) is 0 Å². The van der Waals surface area contributed by atoms with E-state index in [0.717, 1.165) is 51.6 Å². The number of amides is 1. The van der Waals surface area contributed by atoms with E-state index in [1.807, 2.05) is 18.7 Å². The van der Waals surface area contributed by atoms with Crippen molar-refractivity contribution < 1.29 is 9.90 Å². The third-order valence-electron chi connectivity index (χ3n) is 3.78.